The van der Waals surface area contributed by atoms with Crippen molar-refractivity contribution in [1.29, 1.82) is 0 Å². The van der Waals surface area contributed by atoms with Gasteiger partial charge in [-0.3, -0.25) is 8.89 Å². The van der Waals surface area contributed by atoms with Crippen LogP contribution in [0.4, 0.5) is 0 Å². The molecule has 0 saturated heterocycles. The van der Waals surface area contributed by atoms with Crippen molar-refractivity contribution < 1.29 is 28.7 Å². The van der Waals surface area contributed by atoms with E-state index >= 15 is 0 Å². The minimum Gasteiger partial charge on any atom is -0.489 e. The highest BCUT2D eigenvalue weighted by Gasteiger charge is 2.08. The molecule has 1 aromatic heterocycles. The van der Waals surface area contributed by atoms with Gasteiger partial charge in [-0.1, -0.05) is 36.1 Å². The van der Waals surface area contributed by atoms with Gasteiger partial charge in [0.15, 0.2) is 6.61 Å². The molecule has 0 saturated carbocycles. The zero-order valence-corrected chi connectivity index (χ0v) is 23.9. The molecule has 4 rings (SSSR count). The molecule has 0 bridgehead atoms. The number of aliphatic hydroxyl groups excluding tert-OH is 1. The van der Waals surface area contributed by atoms with Gasteiger partial charge >= 0.3 is 5.97 Å². The fourth-order valence-corrected chi connectivity index (χ4v) is 4.33. The second kappa shape index (κ2) is 15.8. The SMILES string of the molecule is CO.Cc1cc(OC/C=C(\c2ccc(C#CCn3cccn3)cc2)c2ccc(S(C)=O)cc2)ccc1OCC(=O)O. The van der Waals surface area contributed by atoms with E-state index in [4.69, 9.17) is 19.7 Å². The van der Waals surface area contributed by atoms with Crippen LogP contribution < -0.4 is 9.47 Å². The third kappa shape index (κ3) is 9.49. The summed E-state index contributed by atoms with van der Waals surface area (Å²) in [6.45, 7) is 2.27. The van der Waals surface area contributed by atoms with Gasteiger partial charge in [-0.25, -0.2) is 4.79 Å². The molecule has 1 unspecified atom stereocenters. The van der Waals surface area contributed by atoms with E-state index < -0.39 is 23.4 Å². The molecule has 0 amide bonds. The highest BCUT2D eigenvalue weighted by atomic mass is 32.2. The van der Waals surface area contributed by atoms with Crippen molar-refractivity contribution in [2.24, 2.45) is 0 Å². The van der Waals surface area contributed by atoms with Crippen LogP contribution >= 0.6 is 0 Å². The molecule has 0 fully saturated rings. The molecule has 212 valence electrons. The maximum atomic E-state index is 11.9. The number of aliphatic carboxylic acids is 1. The van der Waals surface area contributed by atoms with Crippen LogP contribution in [0.15, 0.2) is 96.2 Å². The molecular weight excluding hydrogens is 540 g/mol. The quantitative estimate of drug-likeness (QED) is 0.268. The van der Waals surface area contributed by atoms with Crippen LogP contribution in [0.3, 0.4) is 0 Å². The molecule has 2 N–H and O–H groups in total. The number of nitrogens with zero attached hydrogens (tertiary/aromatic N) is 2. The van der Waals surface area contributed by atoms with Crippen LogP contribution in [-0.4, -0.2) is 56.8 Å². The third-order valence-electron chi connectivity index (χ3n) is 5.76. The van der Waals surface area contributed by atoms with E-state index in [0.29, 0.717) is 24.7 Å². The van der Waals surface area contributed by atoms with Gasteiger partial charge < -0.3 is 19.7 Å². The predicted octanol–water partition coefficient (Wildman–Crippen LogP) is 4.56. The summed E-state index contributed by atoms with van der Waals surface area (Å²) in [5.74, 6) is 6.41. The average Bonchev–Trinajstić information content (AvgIpc) is 3.50. The fourth-order valence-electron chi connectivity index (χ4n) is 3.81. The molecule has 0 radical (unpaired) electrons. The van der Waals surface area contributed by atoms with E-state index in [1.54, 1.807) is 29.3 Å². The van der Waals surface area contributed by atoms with Crippen molar-refractivity contribution in [3.05, 3.63) is 114 Å². The minimum absolute atomic E-state index is 0.303. The van der Waals surface area contributed by atoms with Crippen LogP contribution in [0.2, 0.25) is 0 Å². The van der Waals surface area contributed by atoms with Crippen molar-refractivity contribution >= 4 is 22.3 Å². The standard InChI is InChI=1S/C31H28N2O5S.CH4O/c1-23-21-27(12-15-30(23)38-22-31(34)35)37-20-16-29(26-10-13-28(14-11-26)39(2)36)25-8-6-24(7-9-25)5-3-18-33-19-4-17-32-33;1-2/h4,6-17,19,21H,18,20,22H2,1-2H3,(H,34,35);2H,1H3/b29-16+;. The molecule has 0 aliphatic carbocycles. The molecule has 1 atom stereocenters. The number of hydrogen-bond donors (Lipinski definition) is 2. The van der Waals surface area contributed by atoms with Gasteiger partial charge in [-0.05, 0) is 83.8 Å². The number of aromatic nitrogens is 2. The van der Waals surface area contributed by atoms with E-state index in [1.807, 2.05) is 79.9 Å². The van der Waals surface area contributed by atoms with Crippen molar-refractivity contribution in [3.63, 3.8) is 0 Å². The van der Waals surface area contributed by atoms with Crippen molar-refractivity contribution in [2.45, 2.75) is 18.4 Å². The molecule has 0 aliphatic rings. The molecule has 3 aromatic carbocycles. The second-order valence-electron chi connectivity index (χ2n) is 8.60. The average molecular weight is 573 g/mol. The van der Waals surface area contributed by atoms with Gasteiger partial charge in [0.25, 0.3) is 0 Å². The Kier molecular flexibility index (Phi) is 11.9. The molecule has 1 heterocycles. The van der Waals surface area contributed by atoms with Crippen LogP contribution in [0.1, 0.15) is 22.3 Å². The number of carboxylic acids is 1. The maximum absolute atomic E-state index is 11.9. The third-order valence-corrected chi connectivity index (χ3v) is 6.70. The van der Waals surface area contributed by atoms with Crippen molar-refractivity contribution in [3.8, 4) is 23.3 Å². The molecule has 9 heteroatoms. The lowest BCUT2D eigenvalue weighted by atomic mass is 9.97. The summed E-state index contributed by atoms with van der Waals surface area (Å²) in [6, 6.07) is 22.8. The highest BCUT2D eigenvalue weighted by molar-refractivity contribution is 7.84. The first-order chi connectivity index (χ1) is 19.9. The molecule has 0 spiro atoms. The number of carboxylic acid groups (broad SMARTS) is 1. The van der Waals surface area contributed by atoms with Crippen molar-refractivity contribution in [2.75, 3.05) is 26.6 Å². The topological polar surface area (TPSA) is 111 Å². The van der Waals surface area contributed by atoms with E-state index in [2.05, 4.69) is 16.9 Å². The Morgan fingerprint density at radius 2 is 1.71 bits per heavy atom. The van der Waals surface area contributed by atoms with E-state index in [1.165, 1.54) is 0 Å². The summed E-state index contributed by atoms with van der Waals surface area (Å²) < 4.78 is 24.9. The van der Waals surface area contributed by atoms with Gasteiger partial charge in [0.2, 0.25) is 0 Å². The Bertz CT molecular complexity index is 1530. The number of ether oxygens (including phenoxy) is 2. The molecular formula is C32H32N2O6S. The fraction of sp³-hybridized carbons (Fsp3) is 0.188. The Morgan fingerprint density at radius 1 is 1.02 bits per heavy atom. The zero-order valence-electron chi connectivity index (χ0n) is 23.1. The molecule has 4 aromatic rings. The van der Waals surface area contributed by atoms with Gasteiger partial charge in [0, 0.05) is 47.0 Å². The number of rotatable bonds is 10. The Labute approximate surface area is 242 Å². The summed E-state index contributed by atoms with van der Waals surface area (Å²) >= 11 is 0. The van der Waals surface area contributed by atoms with Gasteiger partial charge in [-0.15, -0.1) is 0 Å². The van der Waals surface area contributed by atoms with E-state index in [-0.39, 0.29) is 0 Å². The monoisotopic (exact) mass is 572 g/mol. The lowest BCUT2D eigenvalue weighted by molar-refractivity contribution is -0.139. The first kappa shape index (κ1) is 30.9. The Balaban J connectivity index is 0.00000226. The summed E-state index contributed by atoms with van der Waals surface area (Å²) in [5.41, 5.74) is 4.62. The minimum atomic E-state index is -1.06. The van der Waals surface area contributed by atoms with Crippen LogP contribution in [-0.2, 0) is 22.1 Å². The number of carbonyl (C=O) groups is 1. The number of benzene rings is 3. The molecule has 8 nitrogen and oxygen atoms in total. The first-order valence-electron chi connectivity index (χ1n) is 12.6. The largest absolute Gasteiger partial charge is 0.489 e. The van der Waals surface area contributed by atoms with Crippen LogP contribution in [0.5, 0.6) is 11.5 Å². The predicted molar refractivity (Wildman–Crippen MR) is 159 cm³/mol. The number of hydrogen-bond acceptors (Lipinski definition) is 6. The number of aryl methyl sites for hydroxylation is 1. The Morgan fingerprint density at radius 3 is 2.29 bits per heavy atom. The van der Waals surface area contributed by atoms with Crippen LogP contribution in [0, 0.1) is 18.8 Å². The zero-order chi connectivity index (χ0) is 29.6. The van der Waals surface area contributed by atoms with Crippen LogP contribution in [0.25, 0.3) is 5.57 Å². The molecule has 41 heavy (non-hydrogen) atoms. The number of aliphatic hydroxyl groups is 1. The first-order valence-corrected chi connectivity index (χ1v) is 14.2. The van der Waals surface area contributed by atoms with Gasteiger partial charge in [0.05, 0.1) is 0 Å². The summed E-state index contributed by atoms with van der Waals surface area (Å²) in [7, 11) is -0.0599. The lowest BCUT2D eigenvalue weighted by Crippen LogP contribution is -2.10. The summed E-state index contributed by atoms with van der Waals surface area (Å²) in [4.78, 5) is 11.5. The van der Waals surface area contributed by atoms with E-state index in [9.17, 15) is 9.00 Å². The summed E-state index contributed by atoms with van der Waals surface area (Å²) in [6.07, 6.45) is 7.26. The summed E-state index contributed by atoms with van der Waals surface area (Å²) in [5, 5.41) is 20.0. The van der Waals surface area contributed by atoms with Gasteiger partial charge in [-0.2, -0.15) is 5.10 Å². The van der Waals surface area contributed by atoms with Gasteiger partial charge in [0.1, 0.15) is 24.7 Å². The Hall–Kier alpha value is -4.65. The smallest absolute Gasteiger partial charge is 0.341 e. The maximum Gasteiger partial charge on any atom is 0.341 e. The van der Waals surface area contributed by atoms with E-state index in [0.717, 1.165) is 39.8 Å². The molecule has 0 aliphatic heterocycles. The highest BCUT2D eigenvalue weighted by Crippen LogP contribution is 2.26. The van der Waals surface area contributed by atoms with Crippen molar-refractivity contribution in [1.82, 2.24) is 9.78 Å². The second-order valence-corrected chi connectivity index (χ2v) is 9.98. The normalized spacial score (nSPS) is 11.4. The lowest BCUT2D eigenvalue weighted by Gasteiger charge is -2.12.